The van der Waals surface area contributed by atoms with Gasteiger partial charge in [-0.25, -0.2) is 4.79 Å². The number of esters is 1. The Morgan fingerprint density at radius 1 is 1.33 bits per heavy atom. The quantitative estimate of drug-likeness (QED) is 0.860. The molecule has 0 aliphatic carbocycles. The second-order valence-electron chi connectivity index (χ2n) is 3.92. The molecule has 3 nitrogen and oxygen atoms in total. The number of carbonyl (C=O) groups excluding carboxylic acids is 1. The molecular formula is C14H15NO2S. The van der Waals surface area contributed by atoms with Crippen LogP contribution in [0.1, 0.15) is 22.8 Å². The van der Waals surface area contributed by atoms with Crippen LogP contribution in [0, 0.1) is 6.92 Å². The maximum absolute atomic E-state index is 11.9. The number of carbonyl (C=O) groups is 1. The van der Waals surface area contributed by atoms with Gasteiger partial charge in [-0.05, 0) is 25.0 Å². The fraction of sp³-hybridized carbons (Fsp3) is 0.214. The van der Waals surface area contributed by atoms with Crippen molar-refractivity contribution in [2.75, 3.05) is 12.3 Å². The van der Waals surface area contributed by atoms with E-state index in [-0.39, 0.29) is 5.97 Å². The van der Waals surface area contributed by atoms with Crippen LogP contribution in [-0.2, 0) is 4.74 Å². The summed E-state index contributed by atoms with van der Waals surface area (Å²) in [7, 11) is 0. The standard InChI is InChI=1S/C14H15NO2S/c1-3-17-14(16)12-11(8-18-13(12)15)10-7-5-4-6-9(10)2/h4-8H,3,15H2,1-2H3. The summed E-state index contributed by atoms with van der Waals surface area (Å²) in [5.41, 5.74) is 9.35. The van der Waals surface area contributed by atoms with Crippen LogP contribution in [0.2, 0.25) is 0 Å². The third-order valence-corrected chi connectivity index (χ3v) is 3.55. The van der Waals surface area contributed by atoms with E-state index in [1.54, 1.807) is 6.92 Å². The van der Waals surface area contributed by atoms with Crippen molar-refractivity contribution < 1.29 is 9.53 Å². The molecule has 94 valence electrons. The fourth-order valence-corrected chi connectivity index (χ4v) is 2.66. The van der Waals surface area contributed by atoms with Crippen LogP contribution < -0.4 is 5.73 Å². The maximum atomic E-state index is 11.9. The molecule has 2 N–H and O–H groups in total. The summed E-state index contributed by atoms with van der Waals surface area (Å²) in [5.74, 6) is -0.352. The predicted molar refractivity (Wildman–Crippen MR) is 74.9 cm³/mol. The molecule has 0 saturated heterocycles. The third kappa shape index (κ3) is 2.24. The smallest absolute Gasteiger partial charge is 0.341 e. The minimum Gasteiger partial charge on any atom is -0.462 e. The molecule has 2 rings (SSSR count). The molecule has 0 amide bonds. The van der Waals surface area contributed by atoms with E-state index in [1.165, 1.54) is 11.3 Å². The molecule has 0 radical (unpaired) electrons. The fourth-order valence-electron chi connectivity index (χ4n) is 1.86. The largest absolute Gasteiger partial charge is 0.462 e. The van der Waals surface area contributed by atoms with E-state index in [2.05, 4.69) is 0 Å². The van der Waals surface area contributed by atoms with Gasteiger partial charge in [-0.3, -0.25) is 0 Å². The Balaban J connectivity index is 2.53. The van der Waals surface area contributed by atoms with E-state index in [9.17, 15) is 4.79 Å². The van der Waals surface area contributed by atoms with Gasteiger partial charge in [0.25, 0.3) is 0 Å². The van der Waals surface area contributed by atoms with Gasteiger partial charge in [0.15, 0.2) is 0 Å². The Morgan fingerprint density at radius 2 is 2.06 bits per heavy atom. The van der Waals surface area contributed by atoms with Gasteiger partial charge in [0.05, 0.1) is 6.61 Å². The topological polar surface area (TPSA) is 52.3 Å². The molecule has 4 heteroatoms. The summed E-state index contributed by atoms with van der Waals surface area (Å²) in [6, 6.07) is 7.92. The first-order chi connectivity index (χ1) is 8.65. The average molecular weight is 261 g/mol. The summed E-state index contributed by atoms with van der Waals surface area (Å²) in [6.45, 7) is 4.15. The lowest BCUT2D eigenvalue weighted by atomic mass is 9.99. The highest BCUT2D eigenvalue weighted by atomic mass is 32.1. The molecule has 0 saturated carbocycles. The summed E-state index contributed by atoms with van der Waals surface area (Å²) in [4.78, 5) is 11.9. The lowest BCUT2D eigenvalue weighted by Crippen LogP contribution is -2.07. The van der Waals surface area contributed by atoms with Crippen molar-refractivity contribution in [2.45, 2.75) is 13.8 Å². The molecule has 0 spiro atoms. The van der Waals surface area contributed by atoms with E-state index in [4.69, 9.17) is 10.5 Å². The number of hydrogen-bond donors (Lipinski definition) is 1. The monoisotopic (exact) mass is 261 g/mol. The summed E-state index contributed by atoms with van der Waals surface area (Å²) in [5, 5.41) is 2.41. The van der Waals surface area contributed by atoms with Crippen molar-refractivity contribution in [1.29, 1.82) is 0 Å². The van der Waals surface area contributed by atoms with Gasteiger partial charge in [-0.15, -0.1) is 11.3 Å². The first-order valence-electron chi connectivity index (χ1n) is 5.75. The average Bonchev–Trinajstić information content (AvgIpc) is 2.72. The van der Waals surface area contributed by atoms with Gasteiger partial charge in [-0.2, -0.15) is 0 Å². The summed E-state index contributed by atoms with van der Waals surface area (Å²) in [6.07, 6.45) is 0. The SMILES string of the molecule is CCOC(=O)c1c(-c2ccccc2C)csc1N. The number of rotatable bonds is 3. The van der Waals surface area contributed by atoms with E-state index in [1.807, 2.05) is 36.6 Å². The van der Waals surface area contributed by atoms with Crippen molar-refractivity contribution in [1.82, 2.24) is 0 Å². The lowest BCUT2D eigenvalue weighted by molar-refractivity contribution is 0.0529. The second kappa shape index (κ2) is 5.23. The molecule has 0 fully saturated rings. The zero-order chi connectivity index (χ0) is 13.1. The molecule has 1 aromatic carbocycles. The number of anilines is 1. The molecule has 0 unspecified atom stereocenters. The highest BCUT2D eigenvalue weighted by molar-refractivity contribution is 7.15. The first-order valence-corrected chi connectivity index (χ1v) is 6.63. The van der Waals surface area contributed by atoms with Crippen molar-refractivity contribution in [3.8, 4) is 11.1 Å². The normalized spacial score (nSPS) is 10.3. The van der Waals surface area contributed by atoms with Gasteiger partial charge < -0.3 is 10.5 Å². The van der Waals surface area contributed by atoms with Crippen molar-refractivity contribution in [3.05, 3.63) is 40.8 Å². The van der Waals surface area contributed by atoms with Crippen LogP contribution in [0.4, 0.5) is 5.00 Å². The lowest BCUT2D eigenvalue weighted by Gasteiger charge is -2.07. The van der Waals surface area contributed by atoms with Gasteiger partial charge in [0, 0.05) is 10.9 Å². The number of hydrogen-bond acceptors (Lipinski definition) is 4. The van der Waals surface area contributed by atoms with Gasteiger partial charge in [-0.1, -0.05) is 24.3 Å². The van der Waals surface area contributed by atoms with E-state index >= 15 is 0 Å². The van der Waals surface area contributed by atoms with Gasteiger partial charge >= 0.3 is 5.97 Å². The maximum Gasteiger partial charge on any atom is 0.341 e. The molecule has 2 aromatic rings. The van der Waals surface area contributed by atoms with Crippen LogP contribution in [0.5, 0.6) is 0 Å². The number of ether oxygens (including phenoxy) is 1. The molecule has 0 atom stereocenters. The van der Waals surface area contributed by atoms with E-state index in [0.29, 0.717) is 17.2 Å². The minimum atomic E-state index is -0.352. The molecular weight excluding hydrogens is 246 g/mol. The number of nitrogens with two attached hydrogens (primary N) is 1. The predicted octanol–water partition coefficient (Wildman–Crippen LogP) is 3.48. The van der Waals surface area contributed by atoms with E-state index in [0.717, 1.165) is 16.7 Å². The Kier molecular flexibility index (Phi) is 3.67. The van der Waals surface area contributed by atoms with Gasteiger partial charge in [0.1, 0.15) is 10.6 Å². The number of benzene rings is 1. The molecule has 0 aliphatic heterocycles. The highest BCUT2D eigenvalue weighted by Gasteiger charge is 2.20. The Hall–Kier alpha value is -1.81. The minimum absolute atomic E-state index is 0.349. The number of thiophene rings is 1. The zero-order valence-electron chi connectivity index (χ0n) is 10.4. The highest BCUT2D eigenvalue weighted by Crippen LogP contribution is 2.35. The van der Waals surface area contributed by atoms with Gasteiger partial charge in [0.2, 0.25) is 0 Å². The van der Waals surface area contributed by atoms with E-state index < -0.39 is 0 Å². The molecule has 1 aromatic heterocycles. The van der Waals surface area contributed by atoms with Crippen LogP contribution in [0.15, 0.2) is 29.6 Å². The molecule has 18 heavy (non-hydrogen) atoms. The summed E-state index contributed by atoms with van der Waals surface area (Å²) >= 11 is 1.37. The molecule has 0 aliphatic rings. The van der Waals surface area contributed by atoms with Crippen molar-refractivity contribution in [3.63, 3.8) is 0 Å². The Morgan fingerprint density at radius 3 is 2.72 bits per heavy atom. The molecule has 1 heterocycles. The first kappa shape index (κ1) is 12.6. The number of aryl methyl sites for hydroxylation is 1. The third-order valence-electron chi connectivity index (χ3n) is 2.73. The molecule has 0 bridgehead atoms. The number of nitrogen functional groups attached to an aromatic ring is 1. The van der Waals surface area contributed by atoms with Crippen molar-refractivity contribution in [2.24, 2.45) is 0 Å². The van der Waals surface area contributed by atoms with Crippen molar-refractivity contribution >= 4 is 22.3 Å². The Labute approximate surface area is 110 Å². The second-order valence-corrected chi connectivity index (χ2v) is 4.84. The summed E-state index contributed by atoms with van der Waals surface area (Å²) < 4.78 is 5.06. The van der Waals surface area contributed by atoms with Crippen LogP contribution in [0.25, 0.3) is 11.1 Å². The van der Waals surface area contributed by atoms with Crippen LogP contribution in [-0.4, -0.2) is 12.6 Å². The zero-order valence-corrected chi connectivity index (χ0v) is 11.2. The van der Waals surface area contributed by atoms with Crippen LogP contribution >= 0.6 is 11.3 Å². The van der Waals surface area contributed by atoms with Crippen LogP contribution in [0.3, 0.4) is 0 Å². The Bertz CT molecular complexity index is 575.